The molecule has 0 unspecified atom stereocenters. The molecule has 1 atom stereocenters. The summed E-state index contributed by atoms with van der Waals surface area (Å²) in [6, 6.07) is 9.33. The van der Waals surface area contributed by atoms with Gasteiger partial charge in [0.15, 0.2) is 0 Å². The third-order valence-electron chi connectivity index (χ3n) is 4.17. The highest BCUT2D eigenvalue weighted by Gasteiger charge is 2.23. The van der Waals surface area contributed by atoms with Crippen molar-refractivity contribution in [2.45, 2.75) is 19.4 Å². The highest BCUT2D eigenvalue weighted by molar-refractivity contribution is 6.10. The van der Waals surface area contributed by atoms with Crippen molar-refractivity contribution >= 4 is 17.4 Å². The number of nitrogen functional groups attached to an aromatic ring is 1. The maximum atomic E-state index is 12.6. The molecule has 0 radical (unpaired) electrons. The summed E-state index contributed by atoms with van der Waals surface area (Å²) in [6.07, 6.45) is 2.60. The molecule has 0 aromatic carbocycles. The van der Waals surface area contributed by atoms with E-state index in [1.165, 1.54) is 0 Å². The van der Waals surface area contributed by atoms with Gasteiger partial charge < -0.3 is 16.0 Å². The van der Waals surface area contributed by atoms with Gasteiger partial charge in [-0.25, -0.2) is 9.97 Å². The highest BCUT2D eigenvalue weighted by atomic mass is 16.1. The van der Waals surface area contributed by atoms with Crippen LogP contribution in [0.4, 0.5) is 11.6 Å². The second-order valence-corrected chi connectivity index (χ2v) is 5.61. The second-order valence-electron chi connectivity index (χ2n) is 5.61. The van der Waals surface area contributed by atoms with Crippen molar-refractivity contribution < 1.29 is 4.79 Å². The standard InChI is InChI=1S/C17H21N5O/c1-2-12-11-19-9-10-22(12)15-7-3-6-14(21-15)16(23)13-5-4-8-20-17(13)18/h3-8,12,19H,2,9-11H2,1H3,(H2,18,20)/t12-/m1/s1. The lowest BCUT2D eigenvalue weighted by atomic mass is 10.1. The van der Waals surface area contributed by atoms with Gasteiger partial charge in [0.1, 0.15) is 17.3 Å². The van der Waals surface area contributed by atoms with Gasteiger partial charge in [-0.15, -0.1) is 0 Å². The maximum absolute atomic E-state index is 12.6. The third-order valence-corrected chi connectivity index (χ3v) is 4.17. The molecule has 2 aromatic heterocycles. The van der Waals surface area contributed by atoms with Gasteiger partial charge in [-0.1, -0.05) is 13.0 Å². The molecule has 3 rings (SSSR count). The number of pyridine rings is 2. The number of anilines is 2. The van der Waals surface area contributed by atoms with Gasteiger partial charge in [0, 0.05) is 31.9 Å². The normalized spacial score (nSPS) is 18.0. The van der Waals surface area contributed by atoms with Gasteiger partial charge in [0.25, 0.3) is 0 Å². The molecule has 0 spiro atoms. The van der Waals surface area contributed by atoms with Crippen LogP contribution in [0, 0.1) is 0 Å². The molecule has 120 valence electrons. The molecule has 1 aliphatic heterocycles. The van der Waals surface area contributed by atoms with Gasteiger partial charge in [-0.2, -0.15) is 0 Å². The molecule has 0 saturated carbocycles. The van der Waals surface area contributed by atoms with Crippen LogP contribution in [-0.4, -0.2) is 41.4 Å². The number of nitrogens with zero attached hydrogens (tertiary/aromatic N) is 3. The average Bonchev–Trinajstić information content (AvgIpc) is 2.61. The molecule has 1 saturated heterocycles. The fourth-order valence-electron chi connectivity index (χ4n) is 2.88. The average molecular weight is 311 g/mol. The minimum Gasteiger partial charge on any atom is -0.383 e. The van der Waals surface area contributed by atoms with Crippen molar-refractivity contribution in [3.8, 4) is 0 Å². The molecule has 0 aliphatic carbocycles. The molecule has 6 heteroatoms. The molecule has 1 fully saturated rings. The van der Waals surface area contributed by atoms with Crippen molar-refractivity contribution in [1.82, 2.24) is 15.3 Å². The van der Waals surface area contributed by atoms with Crippen LogP contribution in [0.25, 0.3) is 0 Å². The van der Waals surface area contributed by atoms with Crippen LogP contribution >= 0.6 is 0 Å². The Labute approximate surface area is 135 Å². The first kappa shape index (κ1) is 15.4. The number of hydrogen-bond acceptors (Lipinski definition) is 6. The Kier molecular flexibility index (Phi) is 4.52. The van der Waals surface area contributed by atoms with E-state index in [1.807, 2.05) is 12.1 Å². The first-order chi connectivity index (χ1) is 11.2. The number of nitrogens with one attached hydrogen (secondary N) is 1. The fourth-order valence-corrected chi connectivity index (χ4v) is 2.88. The largest absolute Gasteiger partial charge is 0.383 e. The van der Waals surface area contributed by atoms with Crippen LogP contribution in [0.15, 0.2) is 36.5 Å². The van der Waals surface area contributed by atoms with E-state index in [0.29, 0.717) is 17.3 Å². The van der Waals surface area contributed by atoms with Crippen molar-refractivity contribution in [3.63, 3.8) is 0 Å². The minimum atomic E-state index is -0.194. The summed E-state index contributed by atoms with van der Waals surface area (Å²) >= 11 is 0. The lowest BCUT2D eigenvalue weighted by Gasteiger charge is -2.36. The number of rotatable bonds is 4. The molecule has 0 amide bonds. The quantitative estimate of drug-likeness (QED) is 0.832. The van der Waals surface area contributed by atoms with Crippen LogP contribution in [0.3, 0.4) is 0 Å². The monoisotopic (exact) mass is 311 g/mol. The predicted octanol–water partition coefficient (Wildman–Crippen LogP) is 1.48. The summed E-state index contributed by atoms with van der Waals surface area (Å²) in [5, 5.41) is 3.40. The van der Waals surface area contributed by atoms with E-state index in [1.54, 1.807) is 24.4 Å². The van der Waals surface area contributed by atoms with Gasteiger partial charge in [0.05, 0.1) is 5.56 Å². The van der Waals surface area contributed by atoms with Crippen LogP contribution < -0.4 is 16.0 Å². The van der Waals surface area contributed by atoms with Crippen LogP contribution in [0.5, 0.6) is 0 Å². The Hall–Kier alpha value is -2.47. The smallest absolute Gasteiger partial charge is 0.215 e. The number of carbonyl (C=O) groups is 1. The molecule has 1 aliphatic rings. The van der Waals surface area contributed by atoms with Gasteiger partial charge in [-0.3, -0.25) is 4.79 Å². The van der Waals surface area contributed by atoms with E-state index >= 15 is 0 Å². The molecule has 3 heterocycles. The van der Waals surface area contributed by atoms with E-state index in [-0.39, 0.29) is 11.6 Å². The van der Waals surface area contributed by atoms with Crippen molar-refractivity contribution in [1.29, 1.82) is 0 Å². The Morgan fingerprint density at radius 3 is 3.04 bits per heavy atom. The molecule has 3 N–H and O–H groups in total. The number of piperazine rings is 1. The number of aromatic nitrogens is 2. The van der Waals surface area contributed by atoms with Crippen molar-refractivity contribution in [2.75, 3.05) is 30.3 Å². The zero-order valence-electron chi connectivity index (χ0n) is 13.2. The Morgan fingerprint density at radius 1 is 1.39 bits per heavy atom. The van der Waals surface area contributed by atoms with E-state index in [0.717, 1.165) is 31.9 Å². The first-order valence-corrected chi connectivity index (χ1v) is 7.90. The number of carbonyl (C=O) groups excluding carboxylic acids is 1. The first-order valence-electron chi connectivity index (χ1n) is 7.90. The van der Waals surface area contributed by atoms with Gasteiger partial charge in [0.2, 0.25) is 5.78 Å². The third kappa shape index (κ3) is 3.17. The van der Waals surface area contributed by atoms with Crippen LogP contribution in [0.2, 0.25) is 0 Å². The van der Waals surface area contributed by atoms with E-state index < -0.39 is 0 Å². The maximum Gasteiger partial charge on any atom is 0.215 e. The number of ketones is 1. The molecule has 6 nitrogen and oxygen atoms in total. The fraction of sp³-hybridized carbons (Fsp3) is 0.353. The molecule has 0 bridgehead atoms. The molecular formula is C17H21N5O. The molecular weight excluding hydrogens is 290 g/mol. The molecule has 2 aromatic rings. The Balaban J connectivity index is 1.91. The van der Waals surface area contributed by atoms with Crippen molar-refractivity contribution in [3.05, 3.63) is 47.8 Å². The lowest BCUT2D eigenvalue weighted by molar-refractivity contribution is 0.103. The highest BCUT2D eigenvalue weighted by Crippen LogP contribution is 2.20. The number of nitrogens with two attached hydrogens (primary N) is 1. The van der Waals surface area contributed by atoms with E-state index in [9.17, 15) is 4.79 Å². The minimum absolute atomic E-state index is 0.194. The summed E-state index contributed by atoms with van der Waals surface area (Å²) in [6.45, 7) is 4.91. The molecule has 23 heavy (non-hydrogen) atoms. The summed E-state index contributed by atoms with van der Waals surface area (Å²) < 4.78 is 0. The van der Waals surface area contributed by atoms with Crippen molar-refractivity contribution in [2.24, 2.45) is 0 Å². The zero-order valence-corrected chi connectivity index (χ0v) is 13.2. The topological polar surface area (TPSA) is 84.1 Å². The number of hydrogen-bond donors (Lipinski definition) is 2. The van der Waals surface area contributed by atoms with Gasteiger partial charge in [-0.05, 0) is 30.7 Å². The van der Waals surface area contributed by atoms with Crippen LogP contribution in [0.1, 0.15) is 29.4 Å². The van der Waals surface area contributed by atoms with E-state index in [2.05, 4.69) is 27.1 Å². The summed E-state index contributed by atoms with van der Waals surface area (Å²) in [7, 11) is 0. The van der Waals surface area contributed by atoms with Crippen LogP contribution in [-0.2, 0) is 0 Å². The zero-order chi connectivity index (χ0) is 16.2. The Morgan fingerprint density at radius 2 is 2.26 bits per heavy atom. The van der Waals surface area contributed by atoms with Gasteiger partial charge >= 0.3 is 0 Å². The Bertz CT molecular complexity index is 703. The lowest BCUT2D eigenvalue weighted by Crippen LogP contribution is -2.51. The SMILES string of the molecule is CC[C@@H]1CNCCN1c1cccc(C(=O)c2cccnc2N)n1. The predicted molar refractivity (Wildman–Crippen MR) is 90.6 cm³/mol. The summed E-state index contributed by atoms with van der Waals surface area (Å²) in [5.41, 5.74) is 6.60. The second kappa shape index (κ2) is 6.75. The summed E-state index contributed by atoms with van der Waals surface area (Å²) in [5.74, 6) is 0.880. The summed E-state index contributed by atoms with van der Waals surface area (Å²) in [4.78, 5) is 23.5. The van der Waals surface area contributed by atoms with E-state index in [4.69, 9.17) is 5.73 Å².